The van der Waals surface area contributed by atoms with Crippen LogP contribution in [-0.4, -0.2) is 10.1 Å². The van der Waals surface area contributed by atoms with Gasteiger partial charge < -0.3 is 5.11 Å². The summed E-state index contributed by atoms with van der Waals surface area (Å²) < 4.78 is 24.7. The molecule has 0 aromatic carbocycles. The Morgan fingerprint density at radius 3 is 2.69 bits per heavy atom. The van der Waals surface area contributed by atoms with Crippen LogP contribution in [0.4, 0.5) is 8.78 Å². The molecule has 0 bridgehead atoms. The summed E-state index contributed by atoms with van der Waals surface area (Å²) in [5, 5.41) is 9.19. The van der Waals surface area contributed by atoms with Gasteiger partial charge in [-0.2, -0.15) is 0 Å². The van der Waals surface area contributed by atoms with E-state index in [1.807, 2.05) is 0 Å². The maximum Gasteiger partial charge on any atom is 0.267 e. The van der Waals surface area contributed by atoms with Crippen LogP contribution in [0.1, 0.15) is 17.7 Å². The lowest BCUT2D eigenvalue weighted by molar-refractivity contribution is 0.147. The van der Waals surface area contributed by atoms with Gasteiger partial charge in [-0.15, -0.1) is 11.6 Å². The predicted molar refractivity (Wildman–Crippen MR) is 53.1 cm³/mol. The molecule has 1 heterocycles. The molecule has 0 aliphatic rings. The van der Waals surface area contributed by atoms with Gasteiger partial charge in [-0.3, -0.25) is 0 Å². The van der Waals surface area contributed by atoms with E-state index in [4.69, 9.17) is 11.6 Å². The van der Waals surface area contributed by atoms with Crippen LogP contribution in [0, 0.1) is 3.70 Å². The molecule has 0 saturated heterocycles. The van der Waals surface area contributed by atoms with E-state index in [2.05, 4.69) is 4.98 Å². The van der Waals surface area contributed by atoms with Crippen molar-refractivity contribution in [2.24, 2.45) is 0 Å². The van der Waals surface area contributed by atoms with Crippen molar-refractivity contribution in [3.05, 3.63) is 21.0 Å². The van der Waals surface area contributed by atoms with Gasteiger partial charge in [0, 0.05) is 0 Å². The SMILES string of the molecule is Oc1c(C(F)F)cc(CCl)nc1I. The Kier molecular flexibility index (Phi) is 3.66. The molecule has 1 N–H and O–H groups in total. The normalized spacial score (nSPS) is 10.8. The van der Waals surface area contributed by atoms with Crippen molar-refractivity contribution in [3.8, 4) is 5.75 Å². The fourth-order valence-corrected chi connectivity index (χ4v) is 1.57. The van der Waals surface area contributed by atoms with Gasteiger partial charge in [0.2, 0.25) is 0 Å². The summed E-state index contributed by atoms with van der Waals surface area (Å²) in [5.41, 5.74) is -0.0887. The van der Waals surface area contributed by atoms with Gasteiger partial charge in [0.1, 0.15) is 3.70 Å². The molecule has 2 nitrogen and oxygen atoms in total. The maximum absolute atomic E-state index is 12.3. The molecule has 0 atom stereocenters. The molecular formula is C7H5ClF2INO. The van der Waals surface area contributed by atoms with Crippen LogP contribution < -0.4 is 0 Å². The van der Waals surface area contributed by atoms with Gasteiger partial charge in [0.05, 0.1) is 17.1 Å². The number of nitrogens with zero attached hydrogens (tertiary/aromatic N) is 1. The minimum atomic E-state index is -2.71. The zero-order valence-electron chi connectivity index (χ0n) is 6.27. The first-order chi connectivity index (χ1) is 6.06. The number of halogens is 4. The highest BCUT2D eigenvalue weighted by molar-refractivity contribution is 14.1. The zero-order chi connectivity index (χ0) is 10.0. The Bertz CT molecular complexity index is 322. The third-order valence-corrected chi connectivity index (χ3v) is 2.43. The summed E-state index contributed by atoms with van der Waals surface area (Å²) in [7, 11) is 0. The molecule has 1 rings (SSSR count). The predicted octanol–water partition coefficient (Wildman–Crippen LogP) is 3.07. The minimum absolute atomic E-state index is 0.0516. The smallest absolute Gasteiger partial charge is 0.267 e. The summed E-state index contributed by atoms with van der Waals surface area (Å²) in [4.78, 5) is 3.81. The standard InChI is InChI=1S/C7H5ClF2INO/c8-2-3-1-4(6(9)10)5(13)7(11)12-3/h1,6,13H,2H2. The largest absolute Gasteiger partial charge is 0.505 e. The van der Waals surface area contributed by atoms with Gasteiger partial charge in [-0.25, -0.2) is 13.8 Å². The van der Waals surface area contributed by atoms with Gasteiger partial charge in [0.15, 0.2) is 5.75 Å². The molecule has 0 fully saturated rings. The second kappa shape index (κ2) is 4.36. The van der Waals surface area contributed by atoms with Crippen LogP contribution in [0.3, 0.4) is 0 Å². The van der Waals surface area contributed by atoms with Crippen molar-refractivity contribution in [1.82, 2.24) is 4.98 Å². The van der Waals surface area contributed by atoms with Gasteiger partial charge in [-0.1, -0.05) is 0 Å². The highest BCUT2D eigenvalue weighted by Crippen LogP contribution is 2.31. The number of pyridine rings is 1. The first-order valence-corrected chi connectivity index (χ1v) is 4.90. The van der Waals surface area contributed by atoms with Crippen LogP contribution in [0.15, 0.2) is 6.07 Å². The Labute approximate surface area is 92.1 Å². The average Bonchev–Trinajstić information content (AvgIpc) is 2.09. The summed E-state index contributed by atoms with van der Waals surface area (Å²) in [6.07, 6.45) is -2.71. The van der Waals surface area contributed by atoms with Crippen LogP contribution in [-0.2, 0) is 5.88 Å². The molecule has 1 aromatic heterocycles. The van der Waals surface area contributed by atoms with Crippen molar-refractivity contribution in [2.45, 2.75) is 12.3 Å². The second-order valence-electron chi connectivity index (χ2n) is 2.28. The molecule has 0 unspecified atom stereocenters. The number of aromatic hydroxyl groups is 1. The lowest BCUT2D eigenvalue weighted by Crippen LogP contribution is -1.95. The van der Waals surface area contributed by atoms with E-state index in [9.17, 15) is 13.9 Å². The second-order valence-corrected chi connectivity index (χ2v) is 3.57. The molecule has 0 spiro atoms. The molecule has 0 aliphatic carbocycles. The van der Waals surface area contributed by atoms with Crippen molar-refractivity contribution in [3.63, 3.8) is 0 Å². The number of aromatic nitrogens is 1. The van der Waals surface area contributed by atoms with Gasteiger partial charge >= 0.3 is 0 Å². The lowest BCUT2D eigenvalue weighted by Gasteiger charge is -2.06. The minimum Gasteiger partial charge on any atom is -0.505 e. The summed E-state index contributed by atoms with van der Waals surface area (Å²) in [5.74, 6) is -0.416. The number of rotatable bonds is 2. The zero-order valence-corrected chi connectivity index (χ0v) is 9.18. The van der Waals surface area contributed by atoms with Crippen molar-refractivity contribution >= 4 is 34.2 Å². The maximum atomic E-state index is 12.3. The molecule has 6 heteroatoms. The van der Waals surface area contributed by atoms with E-state index < -0.39 is 17.7 Å². The topological polar surface area (TPSA) is 33.1 Å². The Balaban J connectivity index is 3.25. The van der Waals surface area contributed by atoms with Gasteiger partial charge in [-0.05, 0) is 28.7 Å². The highest BCUT2D eigenvalue weighted by Gasteiger charge is 2.17. The molecule has 13 heavy (non-hydrogen) atoms. The molecule has 0 radical (unpaired) electrons. The van der Waals surface area contributed by atoms with Crippen LogP contribution in [0.25, 0.3) is 0 Å². The quantitative estimate of drug-likeness (QED) is 0.516. The molecule has 72 valence electrons. The van der Waals surface area contributed by atoms with Gasteiger partial charge in [0.25, 0.3) is 6.43 Å². The Morgan fingerprint density at radius 2 is 2.23 bits per heavy atom. The number of hydrogen-bond acceptors (Lipinski definition) is 2. The van der Waals surface area contributed by atoms with E-state index >= 15 is 0 Å². The molecule has 0 saturated carbocycles. The fraction of sp³-hybridized carbons (Fsp3) is 0.286. The van der Waals surface area contributed by atoms with E-state index in [0.717, 1.165) is 6.07 Å². The summed E-state index contributed by atoms with van der Waals surface area (Å²) in [6.45, 7) is 0. The third kappa shape index (κ3) is 2.40. The summed E-state index contributed by atoms with van der Waals surface area (Å²) in [6, 6.07) is 1.11. The Morgan fingerprint density at radius 1 is 1.62 bits per heavy atom. The van der Waals surface area contributed by atoms with Crippen LogP contribution in [0.2, 0.25) is 0 Å². The average molecular weight is 319 g/mol. The van der Waals surface area contributed by atoms with Crippen molar-refractivity contribution < 1.29 is 13.9 Å². The van der Waals surface area contributed by atoms with E-state index in [0.29, 0.717) is 5.69 Å². The Hall–Kier alpha value is -0.170. The first-order valence-electron chi connectivity index (χ1n) is 3.28. The van der Waals surface area contributed by atoms with E-state index in [-0.39, 0.29) is 9.58 Å². The van der Waals surface area contributed by atoms with E-state index in [1.54, 1.807) is 22.6 Å². The summed E-state index contributed by atoms with van der Waals surface area (Å²) >= 11 is 7.11. The monoisotopic (exact) mass is 319 g/mol. The lowest BCUT2D eigenvalue weighted by atomic mass is 10.2. The van der Waals surface area contributed by atoms with Crippen LogP contribution in [0.5, 0.6) is 5.75 Å². The molecular weight excluding hydrogens is 314 g/mol. The van der Waals surface area contributed by atoms with E-state index in [1.165, 1.54) is 0 Å². The molecule has 0 amide bonds. The number of alkyl halides is 3. The molecule has 0 aliphatic heterocycles. The number of hydrogen-bond donors (Lipinski definition) is 1. The van der Waals surface area contributed by atoms with Crippen molar-refractivity contribution in [2.75, 3.05) is 0 Å². The fourth-order valence-electron chi connectivity index (χ4n) is 0.813. The van der Waals surface area contributed by atoms with Crippen LogP contribution >= 0.6 is 34.2 Å². The highest BCUT2D eigenvalue weighted by atomic mass is 127. The first kappa shape index (κ1) is 10.9. The van der Waals surface area contributed by atoms with Crippen molar-refractivity contribution in [1.29, 1.82) is 0 Å². The molecule has 1 aromatic rings. The third-order valence-electron chi connectivity index (χ3n) is 1.40.